The van der Waals surface area contributed by atoms with Crippen molar-refractivity contribution in [2.24, 2.45) is 0 Å². The van der Waals surface area contributed by atoms with E-state index in [-0.39, 0.29) is 5.56 Å². The molecule has 0 aliphatic carbocycles. The van der Waals surface area contributed by atoms with Gasteiger partial charge in [0, 0.05) is 19.1 Å². The third-order valence-corrected chi connectivity index (χ3v) is 4.49. The topological polar surface area (TPSA) is 82.7 Å². The van der Waals surface area contributed by atoms with Crippen LogP contribution >= 0.6 is 0 Å². The summed E-state index contributed by atoms with van der Waals surface area (Å²) in [6.45, 7) is 4.05. The summed E-state index contributed by atoms with van der Waals surface area (Å²) in [5.41, 5.74) is 6.25. The van der Waals surface area contributed by atoms with Crippen LogP contribution in [0.3, 0.4) is 0 Å². The van der Waals surface area contributed by atoms with Crippen molar-refractivity contribution in [1.29, 1.82) is 0 Å². The third-order valence-electron chi connectivity index (χ3n) is 4.49. The molecule has 2 saturated heterocycles. The molecular weight excluding hydrogens is 268 g/mol. The van der Waals surface area contributed by atoms with Crippen molar-refractivity contribution in [3.05, 3.63) is 17.8 Å². The highest BCUT2D eigenvalue weighted by atomic mass is 16.4. The number of carboxylic acid groups (broad SMARTS) is 1. The van der Waals surface area contributed by atoms with Crippen molar-refractivity contribution in [1.82, 2.24) is 9.88 Å². The standard InChI is InChI=1S/C15H22N4O2/c16-11-8-13(15(20)21)14(17-9-11)19-7-4-12(10-19)18-5-2-1-3-6-18/h8-9,12H,1-7,10,16H2,(H,20,21). The lowest BCUT2D eigenvalue weighted by molar-refractivity contribution is 0.0697. The van der Waals surface area contributed by atoms with Gasteiger partial charge in [-0.3, -0.25) is 4.90 Å². The second kappa shape index (κ2) is 5.89. The van der Waals surface area contributed by atoms with Gasteiger partial charge in [-0.15, -0.1) is 0 Å². The van der Waals surface area contributed by atoms with Gasteiger partial charge in [-0.05, 0) is 38.4 Å². The molecule has 2 aliphatic heterocycles. The van der Waals surface area contributed by atoms with Crippen LogP contribution in [0.15, 0.2) is 12.3 Å². The van der Waals surface area contributed by atoms with Crippen molar-refractivity contribution in [2.45, 2.75) is 31.7 Å². The monoisotopic (exact) mass is 290 g/mol. The number of carbonyl (C=O) groups is 1. The Bertz CT molecular complexity index is 528. The minimum atomic E-state index is -0.966. The first-order chi connectivity index (χ1) is 10.1. The molecule has 0 amide bonds. The lowest BCUT2D eigenvalue weighted by Crippen LogP contribution is -2.41. The molecule has 1 unspecified atom stereocenters. The lowest BCUT2D eigenvalue weighted by Gasteiger charge is -2.32. The second-order valence-electron chi connectivity index (χ2n) is 5.93. The van der Waals surface area contributed by atoms with E-state index in [4.69, 9.17) is 5.73 Å². The van der Waals surface area contributed by atoms with Gasteiger partial charge in [0.15, 0.2) is 0 Å². The van der Waals surface area contributed by atoms with E-state index in [9.17, 15) is 9.90 Å². The van der Waals surface area contributed by atoms with Crippen LogP contribution < -0.4 is 10.6 Å². The zero-order valence-corrected chi connectivity index (χ0v) is 12.2. The van der Waals surface area contributed by atoms with Crippen LogP contribution in [-0.2, 0) is 0 Å². The molecule has 1 aromatic heterocycles. The Labute approximate surface area is 124 Å². The first-order valence-corrected chi connectivity index (χ1v) is 7.63. The molecule has 2 aliphatic rings. The van der Waals surface area contributed by atoms with Crippen LogP contribution in [-0.4, -0.2) is 53.2 Å². The van der Waals surface area contributed by atoms with Crippen molar-refractivity contribution in [2.75, 3.05) is 36.8 Å². The van der Waals surface area contributed by atoms with Crippen LogP contribution in [0.4, 0.5) is 11.5 Å². The number of nitrogens with two attached hydrogens (primary N) is 1. The van der Waals surface area contributed by atoms with Gasteiger partial charge in [0.1, 0.15) is 11.4 Å². The van der Waals surface area contributed by atoms with Gasteiger partial charge in [0.05, 0.1) is 11.9 Å². The fourth-order valence-electron chi connectivity index (χ4n) is 3.40. The summed E-state index contributed by atoms with van der Waals surface area (Å²) in [7, 11) is 0. The van der Waals surface area contributed by atoms with Crippen LogP contribution in [0.5, 0.6) is 0 Å². The highest BCUT2D eigenvalue weighted by molar-refractivity contribution is 5.94. The van der Waals surface area contributed by atoms with Gasteiger partial charge in [0.2, 0.25) is 0 Å². The number of aromatic carboxylic acids is 1. The predicted octanol–water partition coefficient (Wildman–Crippen LogP) is 1.43. The maximum Gasteiger partial charge on any atom is 0.339 e. The molecule has 0 saturated carbocycles. The third kappa shape index (κ3) is 2.95. The molecule has 0 radical (unpaired) electrons. The fraction of sp³-hybridized carbons (Fsp3) is 0.600. The highest BCUT2D eigenvalue weighted by Gasteiger charge is 2.31. The maximum atomic E-state index is 11.4. The number of carboxylic acids is 1. The Morgan fingerprint density at radius 3 is 2.76 bits per heavy atom. The molecule has 3 N–H and O–H groups in total. The van der Waals surface area contributed by atoms with Gasteiger partial charge in [-0.25, -0.2) is 9.78 Å². The van der Waals surface area contributed by atoms with E-state index in [1.165, 1.54) is 44.6 Å². The van der Waals surface area contributed by atoms with Crippen LogP contribution in [0.1, 0.15) is 36.0 Å². The van der Waals surface area contributed by atoms with Gasteiger partial charge < -0.3 is 15.7 Å². The zero-order chi connectivity index (χ0) is 14.8. The SMILES string of the molecule is Nc1cnc(N2CCC(N3CCCCC3)C2)c(C(=O)O)c1. The summed E-state index contributed by atoms with van der Waals surface area (Å²) >= 11 is 0. The highest BCUT2D eigenvalue weighted by Crippen LogP contribution is 2.27. The van der Waals surface area contributed by atoms with Crippen LogP contribution in [0, 0.1) is 0 Å². The van der Waals surface area contributed by atoms with Gasteiger partial charge in [-0.1, -0.05) is 6.42 Å². The second-order valence-corrected chi connectivity index (χ2v) is 5.93. The fourth-order valence-corrected chi connectivity index (χ4v) is 3.40. The number of nitrogens with zero attached hydrogens (tertiary/aromatic N) is 3. The van der Waals surface area contributed by atoms with Gasteiger partial charge >= 0.3 is 5.97 Å². The predicted molar refractivity (Wildman–Crippen MR) is 81.7 cm³/mol. The van der Waals surface area contributed by atoms with Gasteiger partial charge in [0.25, 0.3) is 0 Å². The molecule has 6 heteroatoms. The minimum Gasteiger partial charge on any atom is -0.478 e. The molecule has 0 spiro atoms. The average Bonchev–Trinajstić information content (AvgIpc) is 2.97. The quantitative estimate of drug-likeness (QED) is 0.876. The summed E-state index contributed by atoms with van der Waals surface area (Å²) in [4.78, 5) is 20.3. The number of hydrogen-bond acceptors (Lipinski definition) is 5. The Hall–Kier alpha value is -1.82. The van der Waals surface area contributed by atoms with E-state index in [1.807, 2.05) is 0 Å². The lowest BCUT2D eigenvalue weighted by atomic mass is 10.1. The Balaban J connectivity index is 1.75. The van der Waals surface area contributed by atoms with E-state index >= 15 is 0 Å². The molecule has 0 bridgehead atoms. The summed E-state index contributed by atoms with van der Waals surface area (Å²) < 4.78 is 0. The van der Waals surface area contributed by atoms with E-state index in [0.29, 0.717) is 17.5 Å². The molecular formula is C15H22N4O2. The zero-order valence-electron chi connectivity index (χ0n) is 12.2. The molecule has 0 aromatic carbocycles. The van der Waals surface area contributed by atoms with Crippen LogP contribution in [0.25, 0.3) is 0 Å². The van der Waals surface area contributed by atoms with Crippen molar-refractivity contribution >= 4 is 17.5 Å². The molecule has 114 valence electrons. The molecule has 21 heavy (non-hydrogen) atoms. The van der Waals surface area contributed by atoms with Crippen molar-refractivity contribution in [3.8, 4) is 0 Å². The number of aromatic nitrogens is 1. The number of piperidine rings is 1. The van der Waals surface area contributed by atoms with Crippen LogP contribution in [0.2, 0.25) is 0 Å². The Morgan fingerprint density at radius 2 is 2.05 bits per heavy atom. The number of hydrogen-bond donors (Lipinski definition) is 2. The van der Waals surface area contributed by atoms with E-state index in [2.05, 4.69) is 14.8 Å². The van der Waals surface area contributed by atoms with Crippen molar-refractivity contribution in [3.63, 3.8) is 0 Å². The number of nitrogen functional groups attached to an aromatic ring is 1. The van der Waals surface area contributed by atoms with E-state index in [1.54, 1.807) is 0 Å². The van der Waals surface area contributed by atoms with E-state index < -0.39 is 5.97 Å². The smallest absolute Gasteiger partial charge is 0.339 e. The maximum absolute atomic E-state index is 11.4. The first kappa shape index (κ1) is 14.1. The molecule has 3 rings (SSSR count). The summed E-state index contributed by atoms with van der Waals surface area (Å²) in [6, 6.07) is 2.02. The largest absolute Gasteiger partial charge is 0.478 e. The molecule has 1 atom stereocenters. The average molecular weight is 290 g/mol. The number of likely N-dealkylation sites (tertiary alicyclic amines) is 1. The molecule has 2 fully saturated rings. The summed E-state index contributed by atoms with van der Waals surface area (Å²) in [5, 5.41) is 9.33. The Morgan fingerprint density at radius 1 is 1.29 bits per heavy atom. The molecule has 3 heterocycles. The van der Waals surface area contributed by atoms with E-state index in [0.717, 1.165) is 19.5 Å². The number of anilines is 2. The molecule has 1 aromatic rings. The van der Waals surface area contributed by atoms with Gasteiger partial charge in [-0.2, -0.15) is 0 Å². The normalized spacial score (nSPS) is 23.4. The minimum absolute atomic E-state index is 0.203. The molecule has 6 nitrogen and oxygen atoms in total. The number of pyridine rings is 1. The summed E-state index contributed by atoms with van der Waals surface area (Å²) in [5.74, 6) is -0.414. The summed E-state index contributed by atoms with van der Waals surface area (Å²) in [6.07, 6.45) is 6.49. The Kier molecular flexibility index (Phi) is 3.96. The number of rotatable bonds is 3. The first-order valence-electron chi connectivity index (χ1n) is 7.63. The van der Waals surface area contributed by atoms with Crippen molar-refractivity contribution < 1.29 is 9.90 Å².